The minimum atomic E-state index is -4.58. The van der Waals surface area contributed by atoms with Crippen molar-refractivity contribution in [1.29, 1.82) is 0 Å². The minimum Gasteiger partial charge on any atom is -0.355 e. The molecule has 1 saturated heterocycles. The normalized spacial score (nSPS) is 23.8. The van der Waals surface area contributed by atoms with Crippen molar-refractivity contribution in [3.05, 3.63) is 18.0 Å². The summed E-state index contributed by atoms with van der Waals surface area (Å²) >= 11 is 0. The molecule has 1 aliphatic rings. The standard InChI is InChI=1S/C12H15F3N6/c1-7-6-20(5-4-8(7)16)10-3-2-9-17-18-11(12(13,14)15)21(9)19-10/h2-3,7-8H,4-6,16H2,1H3. The Morgan fingerprint density at radius 1 is 1.29 bits per heavy atom. The SMILES string of the molecule is CC1CN(c2ccc3nnc(C(F)(F)F)n3n2)CCC1N. The van der Waals surface area contributed by atoms with E-state index in [9.17, 15) is 13.2 Å². The molecular formula is C12H15F3N6. The zero-order valence-corrected chi connectivity index (χ0v) is 11.4. The second-order valence-corrected chi connectivity index (χ2v) is 5.36. The summed E-state index contributed by atoms with van der Waals surface area (Å²) in [6, 6.07) is 3.27. The van der Waals surface area contributed by atoms with Gasteiger partial charge in [0.05, 0.1) is 0 Å². The van der Waals surface area contributed by atoms with Crippen molar-refractivity contribution in [1.82, 2.24) is 19.8 Å². The smallest absolute Gasteiger partial charge is 0.355 e. The molecule has 0 radical (unpaired) electrons. The van der Waals surface area contributed by atoms with Gasteiger partial charge in [0.25, 0.3) is 5.82 Å². The Kier molecular flexibility index (Phi) is 3.23. The predicted molar refractivity (Wildman–Crippen MR) is 69.8 cm³/mol. The van der Waals surface area contributed by atoms with Gasteiger partial charge < -0.3 is 10.6 Å². The highest BCUT2D eigenvalue weighted by Gasteiger charge is 2.38. The van der Waals surface area contributed by atoms with E-state index < -0.39 is 12.0 Å². The van der Waals surface area contributed by atoms with Crippen LogP contribution in [0.2, 0.25) is 0 Å². The van der Waals surface area contributed by atoms with Crippen LogP contribution in [0.4, 0.5) is 19.0 Å². The van der Waals surface area contributed by atoms with Gasteiger partial charge in [0, 0.05) is 19.1 Å². The number of hydrogen-bond acceptors (Lipinski definition) is 5. The highest BCUT2D eigenvalue weighted by Crippen LogP contribution is 2.28. The highest BCUT2D eigenvalue weighted by molar-refractivity contribution is 5.46. The van der Waals surface area contributed by atoms with Crippen LogP contribution in [0.5, 0.6) is 0 Å². The molecule has 2 aromatic heterocycles. The first-order valence-corrected chi connectivity index (χ1v) is 6.66. The van der Waals surface area contributed by atoms with E-state index in [1.54, 1.807) is 6.07 Å². The molecule has 1 fully saturated rings. The molecule has 2 aromatic rings. The molecule has 9 heteroatoms. The Morgan fingerprint density at radius 3 is 2.71 bits per heavy atom. The highest BCUT2D eigenvalue weighted by atomic mass is 19.4. The molecule has 0 amide bonds. The lowest BCUT2D eigenvalue weighted by atomic mass is 9.95. The van der Waals surface area contributed by atoms with Crippen molar-refractivity contribution in [2.45, 2.75) is 25.6 Å². The Hall–Kier alpha value is -1.90. The van der Waals surface area contributed by atoms with Gasteiger partial charge in [-0.1, -0.05) is 6.92 Å². The second kappa shape index (κ2) is 4.83. The van der Waals surface area contributed by atoms with Crippen LogP contribution < -0.4 is 10.6 Å². The molecule has 114 valence electrons. The maximum atomic E-state index is 12.8. The summed E-state index contributed by atoms with van der Waals surface area (Å²) in [4.78, 5) is 1.94. The number of piperidine rings is 1. The Morgan fingerprint density at radius 2 is 2.05 bits per heavy atom. The summed E-state index contributed by atoms with van der Waals surface area (Å²) in [5.41, 5.74) is 6.03. The van der Waals surface area contributed by atoms with Crippen molar-refractivity contribution in [3.63, 3.8) is 0 Å². The molecule has 3 heterocycles. The lowest BCUT2D eigenvalue weighted by Crippen LogP contribution is -2.46. The summed E-state index contributed by atoms with van der Waals surface area (Å²) < 4.78 is 39.3. The number of hydrogen-bond donors (Lipinski definition) is 1. The van der Waals surface area contributed by atoms with E-state index in [1.807, 2.05) is 11.8 Å². The summed E-state index contributed by atoms with van der Waals surface area (Å²) in [5.74, 6) is -0.369. The second-order valence-electron chi connectivity index (χ2n) is 5.36. The molecule has 2 N–H and O–H groups in total. The third-order valence-electron chi connectivity index (χ3n) is 3.80. The van der Waals surface area contributed by atoms with Crippen LogP contribution in [0.25, 0.3) is 5.65 Å². The van der Waals surface area contributed by atoms with Crippen LogP contribution in [-0.2, 0) is 6.18 Å². The summed E-state index contributed by atoms with van der Waals surface area (Å²) in [7, 11) is 0. The molecule has 0 aliphatic carbocycles. The number of aromatic nitrogens is 4. The van der Waals surface area contributed by atoms with Crippen LogP contribution in [-0.4, -0.2) is 38.9 Å². The number of alkyl halides is 3. The van der Waals surface area contributed by atoms with Gasteiger partial charge in [0.15, 0.2) is 5.65 Å². The van der Waals surface area contributed by atoms with E-state index in [-0.39, 0.29) is 17.6 Å². The van der Waals surface area contributed by atoms with Crippen LogP contribution in [0.15, 0.2) is 12.1 Å². The van der Waals surface area contributed by atoms with E-state index in [0.29, 0.717) is 18.9 Å². The van der Waals surface area contributed by atoms with Crippen molar-refractivity contribution in [3.8, 4) is 0 Å². The van der Waals surface area contributed by atoms with Gasteiger partial charge in [-0.15, -0.1) is 15.3 Å². The number of rotatable bonds is 1. The van der Waals surface area contributed by atoms with Gasteiger partial charge in [0.2, 0.25) is 0 Å². The lowest BCUT2D eigenvalue weighted by Gasteiger charge is -2.35. The quantitative estimate of drug-likeness (QED) is 0.860. The van der Waals surface area contributed by atoms with Crippen molar-refractivity contribution < 1.29 is 13.2 Å². The molecular weight excluding hydrogens is 285 g/mol. The Bertz CT molecular complexity index is 652. The molecule has 1 aliphatic heterocycles. The Labute approximate surface area is 118 Å². The van der Waals surface area contributed by atoms with Gasteiger partial charge in [0.1, 0.15) is 5.82 Å². The molecule has 0 saturated carbocycles. The fraction of sp³-hybridized carbons (Fsp3) is 0.583. The van der Waals surface area contributed by atoms with E-state index in [1.165, 1.54) is 6.07 Å². The van der Waals surface area contributed by atoms with Gasteiger partial charge >= 0.3 is 6.18 Å². The maximum absolute atomic E-state index is 12.8. The van der Waals surface area contributed by atoms with Crippen molar-refractivity contribution >= 4 is 11.5 Å². The predicted octanol–water partition coefficient (Wildman–Crippen LogP) is 1.32. The summed E-state index contributed by atoms with van der Waals surface area (Å²) in [5, 5.41) is 10.7. The zero-order valence-electron chi connectivity index (χ0n) is 11.4. The summed E-state index contributed by atoms with van der Waals surface area (Å²) in [6.07, 6.45) is -3.79. The van der Waals surface area contributed by atoms with Crippen molar-refractivity contribution in [2.75, 3.05) is 18.0 Å². The molecule has 2 unspecified atom stereocenters. The van der Waals surface area contributed by atoms with E-state index in [0.717, 1.165) is 10.9 Å². The van der Waals surface area contributed by atoms with Crippen molar-refractivity contribution in [2.24, 2.45) is 11.7 Å². The average molecular weight is 300 g/mol. The molecule has 2 atom stereocenters. The number of anilines is 1. The lowest BCUT2D eigenvalue weighted by molar-refractivity contribution is -0.146. The largest absolute Gasteiger partial charge is 0.453 e. The number of nitrogens with zero attached hydrogens (tertiary/aromatic N) is 5. The fourth-order valence-electron chi connectivity index (χ4n) is 2.50. The zero-order chi connectivity index (χ0) is 15.2. The Balaban J connectivity index is 1.97. The molecule has 0 bridgehead atoms. The van der Waals surface area contributed by atoms with Crippen LogP contribution in [0.3, 0.4) is 0 Å². The summed E-state index contributed by atoms with van der Waals surface area (Å²) in [6.45, 7) is 3.37. The maximum Gasteiger partial charge on any atom is 0.453 e. The first kappa shape index (κ1) is 14.1. The molecule has 3 rings (SSSR count). The number of nitrogens with two attached hydrogens (primary N) is 1. The third kappa shape index (κ3) is 2.53. The minimum absolute atomic E-state index is 0.0767. The average Bonchev–Trinajstić information content (AvgIpc) is 2.84. The van der Waals surface area contributed by atoms with E-state index in [4.69, 9.17) is 5.73 Å². The third-order valence-corrected chi connectivity index (χ3v) is 3.80. The van der Waals surface area contributed by atoms with Crippen LogP contribution in [0.1, 0.15) is 19.2 Å². The van der Waals surface area contributed by atoms with Gasteiger partial charge in [-0.3, -0.25) is 0 Å². The molecule has 21 heavy (non-hydrogen) atoms. The first-order valence-electron chi connectivity index (χ1n) is 6.66. The van der Waals surface area contributed by atoms with Gasteiger partial charge in [-0.05, 0) is 24.5 Å². The first-order chi connectivity index (χ1) is 9.86. The monoisotopic (exact) mass is 300 g/mol. The van der Waals surface area contributed by atoms with E-state index in [2.05, 4.69) is 15.3 Å². The fourth-order valence-corrected chi connectivity index (χ4v) is 2.50. The van der Waals surface area contributed by atoms with Crippen LogP contribution in [0, 0.1) is 5.92 Å². The van der Waals surface area contributed by atoms with E-state index >= 15 is 0 Å². The number of fused-ring (bicyclic) bond motifs is 1. The molecule has 0 aromatic carbocycles. The van der Waals surface area contributed by atoms with Gasteiger partial charge in [-0.25, -0.2) is 0 Å². The van der Waals surface area contributed by atoms with Gasteiger partial charge in [-0.2, -0.15) is 17.7 Å². The topological polar surface area (TPSA) is 72.3 Å². The van der Waals surface area contributed by atoms with Crippen LogP contribution >= 0.6 is 0 Å². The molecule has 0 spiro atoms. The molecule has 6 nitrogen and oxygen atoms in total. The number of halogens is 3.